The molecule has 15 heavy (non-hydrogen) atoms. The Balaban J connectivity index is 2.81. The maximum absolute atomic E-state index is 3.86. The molecule has 0 atom stereocenters. The van der Waals surface area contributed by atoms with Gasteiger partial charge in [-0.05, 0) is 0 Å². The summed E-state index contributed by atoms with van der Waals surface area (Å²) in [5.41, 5.74) is 0. The van der Waals surface area contributed by atoms with Gasteiger partial charge in [-0.2, -0.15) is 0 Å². The van der Waals surface area contributed by atoms with Gasteiger partial charge in [-0.25, -0.2) is 0 Å². The van der Waals surface area contributed by atoms with Crippen molar-refractivity contribution < 1.29 is 0 Å². The quantitative estimate of drug-likeness (QED) is 0.361. The fraction of sp³-hybridized carbons (Fsp3) is 0.867. The van der Waals surface area contributed by atoms with Crippen LogP contribution < -0.4 is 0 Å². The van der Waals surface area contributed by atoms with E-state index in [4.69, 9.17) is 0 Å². The van der Waals surface area contributed by atoms with E-state index < -0.39 is 0 Å². The lowest BCUT2D eigenvalue weighted by atomic mass is 10.1. The van der Waals surface area contributed by atoms with Crippen molar-refractivity contribution in [1.82, 2.24) is 0 Å². The van der Waals surface area contributed by atoms with Crippen LogP contribution in [-0.4, -0.2) is 0 Å². The van der Waals surface area contributed by atoms with E-state index in [9.17, 15) is 0 Å². The first kappa shape index (κ1) is 15.0. The van der Waals surface area contributed by atoms with Gasteiger partial charge >= 0.3 is 0 Å². The van der Waals surface area contributed by atoms with Crippen molar-refractivity contribution in [2.45, 2.75) is 83.5 Å². The van der Waals surface area contributed by atoms with E-state index in [1.165, 1.54) is 70.6 Å². The summed E-state index contributed by atoms with van der Waals surface area (Å²) in [6.07, 6.45) is 17.8. The third-order valence-corrected chi connectivity index (χ3v) is 3.00. The van der Waals surface area contributed by atoms with Gasteiger partial charge in [0.2, 0.25) is 0 Å². The lowest BCUT2D eigenvalue weighted by molar-refractivity contribution is 0.547. The Morgan fingerprint density at radius 1 is 0.333 bits per heavy atom. The summed E-state index contributed by atoms with van der Waals surface area (Å²) in [7, 11) is 0. The minimum absolute atomic E-state index is 1.12. The van der Waals surface area contributed by atoms with Gasteiger partial charge in [0, 0.05) is 0 Å². The SMILES string of the molecule is [CH2]CCCCCCCCCCCCC[CH2]. The van der Waals surface area contributed by atoms with Crippen LogP contribution in [0.25, 0.3) is 0 Å². The molecule has 0 unspecified atom stereocenters. The zero-order valence-corrected chi connectivity index (χ0v) is 10.6. The van der Waals surface area contributed by atoms with E-state index in [-0.39, 0.29) is 0 Å². The monoisotopic (exact) mass is 210 g/mol. The molecule has 0 aromatic carbocycles. The predicted octanol–water partition coefficient (Wildman–Crippen LogP) is 5.73. The fourth-order valence-electron chi connectivity index (χ4n) is 1.94. The molecule has 0 fully saturated rings. The molecule has 0 bridgehead atoms. The first-order chi connectivity index (χ1) is 7.41. The first-order valence-corrected chi connectivity index (χ1v) is 7.00. The van der Waals surface area contributed by atoms with Crippen LogP contribution in [0.3, 0.4) is 0 Å². The van der Waals surface area contributed by atoms with Crippen molar-refractivity contribution in [3.8, 4) is 0 Å². The summed E-state index contributed by atoms with van der Waals surface area (Å²) in [6.45, 7) is 7.73. The van der Waals surface area contributed by atoms with Gasteiger partial charge < -0.3 is 0 Å². The van der Waals surface area contributed by atoms with Crippen LogP contribution in [0.1, 0.15) is 83.5 Å². The highest BCUT2D eigenvalue weighted by Crippen LogP contribution is 2.12. The van der Waals surface area contributed by atoms with Gasteiger partial charge in [-0.15, -0.1) is 0 Å². The Morgan fingerprint density at radius 3 is 0.733 bits per heavy atom. The zero-order valence-electron chi connectivity index (χ0n) is 10.6. The van der Waals surface area contributed by atoms with Gasteiger partial charge in [0.15, 0.2) is 0 Å². The molecular weight excluding hydrogens is 180 g/mol. The maximum Gasteiger partial charge on any atom is -0.0533 e. The third kappa shape index (κ3) is 14.0. The summed E-state index contributed by atoms with van der Waals surface area (Å²) in [4.78, 5) is 0. The summed E-state index contributed by atoms with van der Waals surface area (Å²) in [6, 6.07) is 0. The predicted molar refractivity (Wildman–Crippen MR) is 70.7 cm³/mol. The van der Waals surface area contributed by atoms with Crippen LogP contribution in [0.15, 0.2) is 0 Å². The van der Waals surface area contributed by atoms with Crippen LogP contribution in [0, 0.1) is 13.8 Å². The number of rotatable bonds is 12. The second-order valence-electron chi connectivity index (χ2n) is 4.60. The Bertz CT molecular complexity index is 84.2. The number of unbranched alkanes of at least 4 members (excludes halogenated alkanes) is 12. The Labute approximate surface area is 97.8 Å². The highest BCUT2D eigenvalue weighted by molar-refractivity contribution is 4.49. The summed E-state index contributed by atoms with van der Waals surface area (Å²) in [5.74, 6) is 0. The van der Waals surface area contributed by atoms with E-state index in [1.54, 1.807) is 0 Å². The first-order valence-electron chi connectivity index (χ1n) is 7.00. The van der Waals surface area contributed by atoms with Crippen molar-refractivity contribution in [3.63, 3.8) is 0 Å². The van der Waals surface area contributed by atoms with E-state index in [0.29, 0.717) is 0 Å². The highest BCUT2D eigenvalue weighted by Gasteiger charge is 1.92. The molecule has 0 aliphatic heterocycles. The molecule has 0 nitrogen and oxygen atoms in total. The molecule has 0 aromatic heterocycles. The molecule has 0 rings (SSSR count). The van der Waals surface area contributed by atoms with Crippen molar-refractivity contribution in [2.75, 3.05) is 0 Å². The highest BCUT2D eigenvalue weighted by atomic mass is 14.0. The molecule has 0 saturated carbocycles. The van der Waals surface area contributed by atoms with Crippen LogP contribution in [0.5, 0.6) is 0 Å². The summed E-state index contributed by atoms with van der Waals surface area (Å²) < 4.78 is 0. The minimum Gasteiger partial charge on any atom is -0.0533 e. The van der Waals surface area contributed by atoms with E-state index >= 15 is 0 Å². The minimum atomic E-state index is 1.12. The van der Waals surface area contributed by atoms with Crippen molar-refractivity contribution in [2.24, 2.45) is 0 Å². The topological polar surface area (TPSA) is 0 Å². The van der Waals surface area contributed by atoms with Crippen LogP contribution in [0.4, 0.5) is 0 Å². The molecule has 0 amide bonds. The van der Waals surface area contributed by atoms with E-state index in [2.05, 4.69) is 13.8 Å². The van der Waals surface area contributed by atoms with Crippen molar-refractivity contribution in [1.29, 1.82) is 0 Å². The standard InChI is InChI=1S/C15H30/c1-3-5-7-9-11-13-15-14-12-10-8-6-4-2/h1-15H2. The molecule has 2 radical (unpaired) electrons. The third-order valence-electron chi connectivity index (χ3n) is 3.00. The summed E-state index contributed by atoms with van der Waals surface area (Å²) in [5, 5.41) is 0. The molecule has 0 aliphatic rings. The van der Waals surface area contributed by atoms with Crippen molar-refractivity contribution >= 4 is 0 Å². The molecule has 0 aromatic rings. The van der Waals surface area contributed by atoms with Crippen LogP contribution in [0.2, 0.25) is 0 Å². The average molecular weight is 210 g/mol. The largest absolute Gasteiger partial charge is 0.0533 e. The van der Waals surface area contributed by atoms with Gasteiger partial charge in [0.25, 0.3) is 0 Å². The average Bonchev–Trinajstić information content (AvgIpc) is 2.26. The Morgan fingerprint density at radius 2 is 0.533 bits per heavy atom. The maximum atomic E-state index is 3.86. The molecular formula is C15H30. The van der Waals surface area contributed by atoms with Gasteiger partial charge in [0.1, 0.15) is 0 Å². The number of hydrogen-bond acceptors (Lipinski definition) is 0. The molecule has 0 spiro atoms. The van der Waals surface area contributed by atoms with Gasteiger partial charge in [-0.1, -0.05) is 97.3 Å². The molecule has 0 N–H and O–H groups in total. The molecule has 0 saturated heterocycles. The molecule has 0 heterocycles. The normalized spacial score (nSPS) is 10.8. The molecule has 0 heteroatoms. The number of hydrogen-bond donors (Lipinski definition) is 0. The smallest absolute Gasteiger partial charge is 0.0533 e. The zero-order chi connectivity index (χ0) is 11.2. The van der Waals surface area contributed by atoms with Crippen molar-refractivity contribution in [3.05, 3.63) is 13.8 Å². The van der Waals surface area contributed by atoms with Gasteiger partial charge in [0.05, 0.1) is 0 Å². The molecule has 90 valence electrons. The van der Waals surface area contributed by atoms with Crippen LogP contribution in [-0.2, 0) is 0 Å². The fourth-order valence-corrected chi connectivity index (χ4v) is 1.94. The van der Waals surface area contributed by atoms with Gasteiger partial charge in [-0.3, -0.25) is 0 Å². The summed E-state index contributed by atoms with van der Waals surface area (Å²) >= 11 is 0. The molecule has 0 aliphatic carbocycles. The van der Waals surface area contributed by atoms with E-state index in [0.717, 1.165) is 12.8 Å². The second-order valence-corrected chi connectivity index (χ2v) is 4.60. The Hall–Kier alpha value is 0. The lowest BCUT2D eigenvalue weighted by Gasteiger charge is -2.01. The lowest BCUT2D eigenvalue weighted by Crippen LogP contribution is -1.82. The van der Waals surface area contributed by atoms with Crippen LogP contribution >= 0.6 is 0 Å². The Kier molecular flexibility index (Phi) is 14.0. The van der Waals surface area contributed by atoms with E-state index in [1.807, 2.05) is 0 Å². The second kappa shape index (κ2) is 14.0.